The van der Waals surface area contributed by atoms with Crippen LogP contribution in [0.4, 0.5) is 0 Å². The van der Waals surface area contributed by atoms with Gasteiger partial charge in [-0.05, 0) is 19.0 Å². The summed E-state index contributed by atoms with van der Waals surface area (Å²) < 4.78 is 5.60. The van der Waals surface area contributed by atoms with E-state index in [0.29, 0.717) is 12.6 Å². The SMILES string of the molecule is CC[C@H](COCc1ccccc1)NC. The van der Waals surface area contributed by atoms with Gasteiger partial charge in [0.25, 0.3) is 0 Å². The van der Waals surface area contributed by atoms with Crippen molar-refractivity contribution < 1.29 is 4.74 Å². The van der Waals surface area contributed by atoms with Gasteiger partial charge in [-0.2, -0.15) is 0 Å². The summed E-state index contributed by atoms with van der Waals surface area (Å²) in [6.07, 6.45) is 1.10. The van der Waals surface area contributed by atoms with Crippen LogP contribution in [0.1, 0.15) is 18.9 Å². The molecule has 0 unspecified atom stereocenters. The molecule has 0 heterocycles. The van der Waals surface area contributed by atoms with Crippen molar-refractivity contribution in [1.82, 2.24) is 5.32 Å². The molecular formula is C12H19NO. The number of nitrogens with one attached hydrogen (secondary N) is 1. The highest BCUT2D eigenvalue weighted by atomic mass is 16.5. The van der Waals surface area contributed by atoms with E-state index in [9.17, 15) is 0 Å². The molecule has 14 heavy (non-hydrogen) atoms. The van der Waals surface area contributed by atoms with E-state index in [-0.39, 0.29) is 0 Å². The lowest BCUT2D eigenvalue weighted by molar-refractivity contribution is 0.0996. The molecule has 0 aliphatic carbocycles. The van der Waals surface area contributed by atoms with E-state index in [1.807, 2.05) is 25.2 Å². The molecule has 1 rings (SSSR count). The molecule has 2 heteroatoms. The van der Waals surface area contributed by atoms with Crippen LogP contribution in [0.2, 0.25) is 0 Å². The molecule has 1 aromatic carbocycles. The topological polar surface area (TPSA) is 21.3 Å². The zero-order chi connectivity index (χ0) is 10.2. The Morgan fingerprint density at radius 2 is 2.00 bits per heavy atom. The summed E-state index contributed by atoms with van der Waals surface area (Å²) in [6, 6.07) is 10.7. The fourth-order valence-corrected chi connectivity index (χ4v) is 1.30. The van der Waals surface area contributed by atoms with Crippen molar-refractivity contribution in [2.24, 2.45) is 0 Å². The Hall–Kier alpha value is -0.860. The minimum absolute atomic E-state index is 0.471. The number of ether oxygens (including phenoxy) is 1. The van der Waals surface area contributed by atoms with Crippen LogP contribution < -0.4 is 5.32 Å². The summed E-state index contributed by atoms with van der Waals surface area (Å²) in [5, 5.41) is 3.21. The van der Waals surface area contributed by atoms with Gasteiger partial charge < -0.3 is 10.1 Å². The molecule has 0 bridgehead atoms. The van der Waals surface area contributed by atoms with Crippen molar-refractivity contribution in [3.8, 4) is 0 Å². The Morgan fingerprint density at radius 3 is 2.57 bits per heavy atom. The lowest BCUT2D eigenvalue weighted by Gasteiger charge is -2.13. The monoisotopic (exact) mass is 193 g/mol. The van der Waals surface area contributed by atoms with Crippen LogP contribution in [0, 0.1) is 0 Å². The molecule has 78 valence electrons. The van der Waals surface area contributed by atoms with Gasteiger partial charge >= 0.3 is 0 Å². The Kier molecular flexibility index (Phi) is 5.27. The third kappa shape index (κ3) is 3.90. The zero-order valence-electron chi connectivity index (χ0n) is 8.99. The lowest BCUT2D eigenvalue weighted by Crippen LogP contribution is -2.29. The average molecular weight is 193 g/mol. The third-order valence-corrected chi connectivity index (χ3v) is 2.33. The highest BCUT2D eigenvalue weighted by Crippen LogP contribution is 2.01. The van der Waals surface area contributed by atoms with E-state index in [4.69, 9.17) is 4.74 Å². The van der Waals surface area contributed by atoms with Crippen LogP contribution in [0.5, 0.6) is 0 Å². The number of rotatable bonds is 6. The minimum Gasteiger partial charge on any atom is -0.375 e. The molecule has 1 aromatic rings. The first kappa shape index (κ1) is 11.2. The minimum atomic E-state index is 0.471. The smallest absolute Gasteiger partial charge is 0.0717 e. The fraction of sp³-hybridized carbons (Fsp3) is 0.500. The third-order valence-electron chi connectivity index (χ3n) is 2.33. The molecular weight excluding hydrogens is 174 g/mol. The molecule has 0 aliphatic heterocycles. The van der Waals surface area contributed by atoms with Gasteiger partial charge in [0, 0.05) is 6.04 Å². The summed E-state index contributed by atoms with van der Waals surface area (Å²) in [7, 11) is 1.97. The van der Waals surface area contributed by atoms with Gasteiger partial charge in [0.2, 0.25) is 0 Å². The van der Waals surface area contributed by atoms with E-state index >= 15 is 0 Å². The zero-order valence-corrected chi connectivity index (χ0v) is 8.99. The van der Waals surface area contributed by atoms with E-state index in [1.165, 1.54) is 5.56 Å². The van der Waals surface area contributed by atoms with E-state index in [1.54, 1.807) is 0 Å². The van der Waals surface area contributed by atoms with Crippen LogP contribution in [-0.4, -0.2) is 19.7 Å². The predicted molar refractivity (Wildman–Crippen MR) is 59.2 cm³/mol. The maximum atomic E-state index is 5.60. The van der Waals surface area contributed by atoms with Crippen LogP contribution in [0.25, 0.3) is 0 Å². The lowest BCUT2D eigenvalue weighted by atomic mass is 10.2. The van der Waals surface area contributed by atoms with Gasteiger partial charge in [-0.25, -0.2) is 0 Å². The van der Waals surface area contributed by atoms with Crippen molar-refractivity contribution in [3.63, 3.8) is 0 Å². The highest BCUT2D eigenvalue weighted by molar-refractivity contribution is 5.13. The van der Waals surface area contributed by atoms with Crippen molar-refractivity contribution in [1.29, 1.82) is 0 Å². The molecule has 2 nitrogen and oxygen atoms in total. The largest absolute Gasteiger partial charge is 0.375 e. The van der Waals surface area contributed by atoms with Crippen LogP contribution >= 0.6 is 0 Å². The Labute approximate surface area is 86.3 Å². The van der Waals surface area contributed by atoms with E-state index < -0.39 is 0 Å². The average Bonchev–Trinajstić information content (AvgIpc) is 2.26. The standard InChI is InChI=1S/C12H19NO/c1-3-12(13-2)10-14-9-11-7-5-4-6-8-11/h4-8,12-13H,3,9-10H2,1-2H3/t12-/m1/s1. The van der Waals surface area contributed by atoms with Gasteiger partial charge in [-0.3, -0.25) is 0 Å². The van der Waals surface area contributed by atoms with Gasteiger partial charge in [0.15, 0.2) is 0 Å². The molecule has 0 radical (unpaired) electrons. The molecule has 1 atom stereocenters. The Morgan fingerprint density at radius 1 is 1.29 bits per heavy atom. The van der Waals surface area contributed by atoms with Crippen LogP contribution in [-0.2, 0) is 11.3 Å². The predicted octanol–water partition coefficient (Wildman–Crippen LogP) is 2.20. The first-order chi connectivity index (χ1) is 6.86. The normalized spacial score (nSPS) is 12.7. The Balaban J connectivity index is 2.21. The summed E-state index contributed by atoms with van der Waals surface area (Å²) in [5.74, 6) is 0. The van der Waals surface area contributed by atoms with Crippen molar-refractivity contribution in [2.75, 3.05) is 13.7 Å². The second-order valence-corrected chi connectivity index (χ2v) is 3.39. The number of benzene rings is 1. The molecule has 0 fully saturated rings. The summed E-state index contributed by atoms with van der Waals surface area (Å²) in [4.78, 5) is 0. The maximum Gasteiger partial charge on any atom is 0.0717 e. The van der Waals surface area contributed by atoms with Crippen LogP contribution in [0.3, 0.4) is 0 Å². The quantitative estimate of drug-likeness (QED) is 0.748. The number of likely N-dealkylation sites (N-methyl/N-ethyl adjacent to an activating group) is 1. The van der Waals surface area contributed by atoms with Crippen LogP contribution in [0.15, 0.2) is 30.3 Å². The molecule has 0 spiro atoms. The summed E-state index contributed by atoms with van der Waals surface area (Å²) in [6.45, 7) is 3.65. The van der Waals surface area contributed by atoms with E-state index in [2.05, 4.69) is 24.4 Å². The fourth-order valence-electron chi connectivity index (χ4n) is 1.30. The van der Waals surface area contributed by atoms with E-state index in [0.717, 1.165) is 13.0 Å². The van der Waals surface area contributed by atoms with Gasteiger partial charge in [-0.15, -0.1) is 0 Å². The first-order valence-electron chi connectivity index (χ1n) is 5.15. The molecule has 0 amide bonds. The second-order valence-electron chi connectivity index (χ2n) is 3.39. The van der Waals surface area contributed by atoms with Gasteiger partial charge in [0.1, 0.15) is 0 Å². The molecule has 0 aliphatic rings. The first-order valence-corrected chi connectivity index (χ1v) is 5.15. The highest BCUT2D eigenvalue weighted by Gasteiger charge is 2.01. The van der Waals surface area contributed by atoms with Gasteiger partial charge in [0.05, 0.1) is 13.2 Å². The number of hydrogen-bond donors (Lipinski definition) is 1. The molecule has 0 saturated carbocycles. The number of hydrogen-bond acceptors (Lipinski definition) is 2. The molecule has 1 N–H and O–H groups in total. The maximum absolute atomic E-state index is 5.60. The van der Waals surface area contributed by atoms with Crippen molar-refractivity contribution >= 4 is 0 Å². The second kappa shape index (κ2) is 6.57. The Bertz CT molecular complexity index is 231. The molecule has 0 aromatic heterocycles. The van der Waals surface area contributed by atoms with Crippen molar-refractivity contribution in [2.45, 2.75) is 26.0 Å². The summed E-state index contributed by atoms with van der Waals surface area (Å²) >= 11 is 0. The van der Waals surface area contributed by atoms with Crippen molar-refractivity contribution in [3.05, 3.63) is 35.9 Å². The van der Waals surface area contributed by atoms with Gasteiger partial charge in [-0.1, -0.05) is 37.3 Å². The summed E-state index contributed by atoms with van der Waals surface area (Å²) in [5.41, 5.74) is 1.23. The molecule has 0 saturated heterocycles.